The molecule has 2 aromatic rings. The van der Waals surface area contributed by atoms with Gasteiger partial charge in [-0.05, 0) is 67.3 Å². The van der Waals surface area contributed by atoms with Crippen molar-refractivity contribution in [3.8, 4) is 0 Å². The van der Waals surface area contributed by atoms with Crippen molar-refractivity contribution in [2.24, 2.45) is 5.92 Å². The monoisotopic (exact) mass is 437 g/mol. The van der Waals surface area contributed by atoms with Crippen molar-refractivity contribution in [2.45, 2.75) is 37.8 Å². The highest BCUT2D eigenvalue weighted by atomic mass is 19.4. The summed E-state index contributed by atoms with van der Waals surface area (Å²) >= 11 is 0. The van der Waals surface area contributed by atoms with Gasteiger partial charge in [0.2, 0.25) is 0 Å². The van der Waals surface area contributed by atoms with E-state index in [0.29, 0.717) is 43.4 Å². The predicted octanol–water partition coefficient (Wildman–Crippen LogP) is 5.02. The van der Waals surface area contributed by atoms with E-state index in [1.165, 1.54) is 6.20 Å². The number of hydrogen-bond acceptors (Lipinski definition) is 4. The van der Waals surface area contributed by atoms with Crippen LogP contribution >= 0.6 is 0 Å². The van der Waals surface area contributed by atoms with Crippen LogP contribution in [0.5, 0.6) is 0 Å². The van der Waals surface area contributed by atoms with Crippen molar-refractivity contribution < 1.29 is 27.1 Å². The van der Waals surface area contributed by atoms with Gasteiger partial charge in [-0.3, -0.25) is 4.79 Å². The molecule has 4 rings (SSSR count). The maximum absolute atomic E-state index is 14.1. The van der Waals surface area contributed by atoms with Crippen molar-refractivity contribution in [1.82, 2.24) is 10.3 Å². The van der Waals surface area contributed by atoms with E-state index in [1.807, 2.05) is 0 Å². The zero-order valence-corrected chi connectivity index (χ0v) is 16.8. The molecule has 31 heavy (non-hydrogen) atoms. The summed E-state index contributed by atoms with van der Waals surface area (Å²) in [6, 6.07) is 3.80. The Morgan fingerprint density at radius 2 is 1.87 bits per heavy atom. The van der Waals surface area contributed by atoms with Gasteiger partial charge < -0.3 is 15.4 Å². The largest absolute Gasteiger partial charge is 0.416 e. The van der Waals surface area contributed by atoms with Gasteiger partial charge in [0, 0.05) is 26.0 Å². The van der Waals surface area contributed by atoms with Gasteiger partial charge in [-0.1, -0.05) is 0 Å². The number of aromatic nitrogens is 1. The SMILES string of the molecule is O=C(NCC1CCOCC1)c1cnc(Nc2cc(C(F)(F)F)ccc2F)cc1C1CC1. The third-order valence-corrected chi connectivity index (χ3v) is 5.65. The van der Waals surface area contributed by atoms with Crippen LogP contribution in [-0.4, -0.2) is 30.6 Å². The van der Waals surface area contributed by atoms with Gasteiger partial charge in [-0.15, -0.1) is 0 Å². The molecule has 0 spiro atoms. The lowest BCUT2D eigenvalue weighted by Crippen LogP contribution is -2.32. The van der Waals surface area contributed by atoms with E-state index in [2.05, 4.69) is 15.6 Å². The minimum absolute atomic E-state index is 0.193. The number of nitrogens with one attached hydrogen (secondary N) is 2. The Balaban J connectivity index is 1.51. The molecule has 1 aliphatic heterocycles. The quantitative estimate of drug-likeness (QED) is 0.624. The number of anilines is 2. The van der Waals surface area contributed by atoms with E-state index in [1.54, 1.807) is 6.07 Å². The molecule has 1 saturated carbocycles. The summed E-state index contributed by atoms with van der Waals surface area (Å²) in [5.74, 6) is -0.279. The van der Waals surface area contributed by atoms with Gasteiger partial charge in [-0.2, -0.15) is 13.2 Å². The lowest BCUT2D eigenvalue weighted by atomic mass is 10.00. The number of amides is 1. The number of benzene rings is 1. The van der Waals surface area contributed by atoms with Crippen LogP contribution < -0.4 is 10.6 Å². The number of pyridine rings is 1. The number of carbonyl (C=O) groups excluding carboxylic acids is 1. The standard InChI is InChI=1S/C22H23F4N3O2/c23-18-4-3-15(22(24,25)26)9-19(18)29-20-10-16(14-1-2-14)17(12-27-20)21(30)28-11-13-5-7-31-8-6-13/h3-4,9-10,12-14H,1-2,5-8,11H2,(H,27,29)(H,28,30). The van der Waals surface area contributed by atoms with Gasteiger partial charge in [-0.25, -0.2) is 9.37 Å². The summed E-state index contributed by atoms with van der Waals surface area (Å²) in [6.07, 6.45) is 0.464. The van der Waals surface area contributed by atoms with Crippen LogP contribution in [0.2, 0.25) is 0 Å². The highest BCUT2D eigenvalue weighted by molar-refractivity contribution is 5.96. The fourth-order valence-corrected chi connectivity index (χ4v) is 3.68. The molecule has 1 amide bonds. The molecule has 1 aromatic heterocycles. The van der Waals surface area contributed by atoms with Gasteiger partial charge in [0.05, 0.1) is 16.8 Å². The lowest BCUT2D eigenvalue weighted by molar-refractivity contribution is -0.137. The third kappa shape index (κ3) is 5.33. The molecule has 2 fully saturated rings. The minimum Gasteiger partial charge on any atom is -0.381 e. The summed E-state index contributed by atoms with van der Waals surface area (Å²) < 4.78 is 58.2. The zero-order valence-electron chi connectivity index (χ0n) is 16.8. The second-order valence-electron chi connectivity index (χ2n) is 8.01. The number of carbonyl (C=O) groups is 1. The molecule has 5 nitrogen and oxygen atoms in total. The predicted molar refractivity (Wildman–Crippen MR) is 107 cm³/mol. The zero-order chi connectivity index (χ0) is 22.0. The Labute approximate surface area is 177 Å². The van der Waals surface area contributed by atoms with Crippen LogP contribution in [0.3, 0.4) is 0 Å². The van der Waals surface area contributed by atoms with Crippen molar-refractivity contribution >= 4 is 17.4 Å². The lowest BCUT2D eigenvalue weighted by Gasteiger charge is -2.22. The topological polar surface area (TPSA) is 63.2 Å². The maximum atomic E-state index is 14.1. The van der Waals surface area contributed by atoms with E-state index in [4.69, 9.17) is 4.74 Å². The summed E-state index contributed by atoms with van der Waals surface area (Å²) in [6.45, 7) is 1.95. The smallest absolute Gasteiger partial charge is 0.381 e. The maximum Gasteiger partial charge on any atom is 0.416 e. The Hall–Kier alpha value is -2.68. The first-order valence-electron chi connectivity index (χ1n) is 10.3. The number of hydrogen-bond donors (Lipinski definition) is 2. The van der Waals surface area contributed by atoms with E-state index < -0.39 is 17.6 Å². The van der Waals surface area contributed by atoms with Crippen molar-refractivity contribution in [1.29, 1.82) is 0 Å². The minimum atomic E-state index is -4.58. The van der Waals surface area contributed by atoms with Gasteiger partial charge in [0.15, 0.2) is 0 Å². The Bertz CT molecular complexity index is 954. The first-order valence-corrected chi connectivity index (χ1v) is 10.3. The third-order valence-electron chi connectivity index (χ3n) is 5.65. The van der Waals surface area contributed by atoms with Crippen LogP contribution in [0, 0.1) is 11.7 Å². The average molecular weight is 437 g/mol. The van der Waals surface area contributed by atoms with Gasteiger partial charge in [0.25, 0.3) is 5.91 Å². The summed E-state index contributed by atoms with van der Waals surface area (Å²) in [4.78, 5) is 16.9. The molecular weight excluding hydrogens is 414 g/mol. The van der Waals surface area contributed by atoms with Gasteiger partial charge >= 0.3 is 6.18 Å². The molecule has 166 valence electrons. The molecule has 0 unspecified atom stereocenters. The Kier molecular flexibility index (Phi) is 6.13. The van der Waals surface area contributed by atoms with Crippen LogP contribution in [0.4, 0.5) is 29.1 Å². The molecule has 1 aliphatic carbocycles. The number of ether oxygens (including phenoxy) is 1. The van der Waals surface area contributed by atoms with E-state index in [0.717, 1.165) is 37.3 Å². The fraction of sp³-hybridized carbons (Fsp3) is 0.455. The Morgan fingerprint density at radius 3 is 2.55 bits per heavy atom. The number of halogens is 4. The summed E-state index contributed by atoms with van der Waals surface area (Å²) in [5.41, 5.74) is -0.0531. The first kappa shape index (κ1) is 21.5. The highest BCUT2D eigenvalue weighted by Gasteiger charge is 2.32. The van der Waals surface area contributed by atoms with E-state index >= 15 is 0 Å². The molecule has 1 aromatic carbocycles. The number of rotatable bonds is 6. The van der Waals surface area contributed by atoms with Crippen LogP contribution in [0.15, 0.2) is 30.5 Å². The van der Waals surface area contributed by atoms with Crippen LogP contribution in [0.25, 0.3) is 0 Å². The molecule has 0 bridgehead atoms. The molecule has 9 heteroatoms. The normalized spacial score (nSPS) is 17.4. The van der Waals surface area contributed by atoms with E-state index in [9.17, 15) is 22.4 Å². The van der Waals surface area contributed by atoms with Crippen molar-refractivity contribution in [3.05, 3.63) is 53.0 Å². The molecule has 1 saturated heterocycles. The van der Waals surface area contributed by atoms with Crippen molar-refractivity contribution in [2.75, 3.05) is 25.1 Å². The second-order valence-corrected chi connectivity index (χ2v) is 8.01. The highest BCUT2D eigenvalue weighted by Crippen LogP contribution is 2.42. The number of nitrogens with zero attached hydrogens (tertiary/aromatic N) is 1. The molecule has 0 radical (unpaired) electrons. The molecule has 2 N–H and O–H groups in total. The molecular formula is C22H23F4N3O2. The fourth-order valence-electron chi connectivity index (χ4n) is 3.68. The second kappa shape index (κ2) is 8.82. The van der Waals surface area contributed by atoms with Gasteiger partial charge in [0.1, 0.15) is 11.6 Å². The molecule has 2 aliphatic rings. The molecule has 2 heterocycles. The Morgan fingerprint density at radius 1 is 1.13 bits per heavy atom. The first-order chi connectivity index (χ1) is 14.8. The van der Waals surface area contributed by atoms with Crippen LogP contribution in [-0.2, 0) is 10.9 Å². The van der Waals surface area contributed by atoms with Crippen molar-refractivity contribution in [3.63, 3.8) is 0 Å². The van der Waals surface area contributed by atoms with Crippen LogP contribution in [0.1, 0.15) is 53.1 Å². The average Bonchev–Trinajstić information content (AvgIpc) is 3.59. The summed E-state index contributed by atoms with van der Waals surface area (Å²) in [7, 11) is 0. The molecule has 0 atom stereocenters. The summed E-state index contributed by atoms with van der Waals surface area (Å²) in [5, 5.41) is 5.58. The van der Waals surface area contributed by atoms with E-state index in [-0.39, 0.29) is 23.3 Å². The number of alkyl halides is 3.